The van der Waals surface area contributed by atoms with Crippen LogP contribution in [-0.2, 0) is 22.7 Å². The number of para-hydroxylation sites is 1. The Morgan fingerprint density at radius 2 is 1.60 bits per heavy atom. The molecule has 192 valence electrons. The zero-order valence-electron chi connectivity index (χ0n) is 22.2. The number of amides is 2. The zero-order chi connectivity index (χ0) is 25.2. The molecule has 35 heavy (non-hydrogen) atoms. The van der Waals surface area contributed by atoms with E-state index in [1.54, 1.807) is 0 Å². The van der Waals surface area contributed by atoms with E-state index < -0.39 is 0 Å². The largest absolute Gasteiger partial charge is 0.338 e. The summed E-state index contributed by atoms with van der Waals surface area (Å²) >= 11 is 0. The summed E-state index contributed by atoms with van der Waals surface area (Å²) in [6, 6.07) is 8.16. The molecule has 0 aliphatic carbocycles. The van der Waals surface area contributed by atoms with Gasteiger partial charge < -0.3 is 14.4 Å². The Balaban J connectivity index is 1.82. The molecule has 2 aromatic rings. The van der Waals surface area contributed by atoms with Gasteiger partial charge in [-0.2, -0.15) is 0 Å². The van der Waals surface area contributed by atoms with E-state index in [2.05, 4.69) is 49.4 Å². The van der Waals surface area contributed by atoms with Crippen LogP contribution in [0.1, 0.15) is 96.4 Å². The predicted molar refractivity (Wildman–Crippen MR) is 142 cm³/mol. The molecule has 0 atom stereocenters. The number of rotatable bonds is 6. The zero-order valence-corrected chi connectivity index (χ0v) is 22.2. The summed E-state index contributed by atoms with van der Waals surface area (Å²) in [5, 5.41) is 0. The Hall–Kier alpha value is -2.63. The van der Waals surface area contributed by atoms with Gasteiger partial charge >= 0.3 is 0 Å². The molecule has 6 heteroatoms. The third-order valence-corrected chi connectivity index (χ3v) is 6.77. The van der Waals surface area contributed by atoms with Gasteiger partial charge in [0.05, 0.1) is 0 Å². The minimum atomic E-state index is 0.165. The second-order valence-corrected chi connectivity index (χ2v) is 10.6. The van der Waals surface area contributed by atoms with E-state index in [1.807, 2.05) is 34.3 Å². The number of aryl methyl sites for hydroxylation is 1. The molecule has 0 radical (unpaired) electrons. The van der Waals surface area contributed by atoms with Crippen molar-refractivity contribution in [3.05, 3.63) is 48.0 Å². The van der Waals surface area contributed by atoms with Gasteiger partial charge in [-0.15, -0.1) is 0 Å². The first-order valence-electron chi connectivity index (χ1n) is 13.5. The van der Waals surface area contributed by atoms with E-state index in [4.69, 9.17) is 0 Å². The number of hydrogen-bond donors (Lipinski definition) is 0. The van der Waals surface area contributed by atoms with Crippen molar-refractivity contribution in [3.63, 3.8) is 0 Å². The van der Waals surface area contributed by atoms with Crippen LogP contribution in [0.3, 0.4) is 0 Å². The van der Waals surface area contributed by atoms with E-state index in [9.17, 15) is 9.59 Å². The Morgan fingerprint density at radius 1 is 0.914 bits per heavy atom. The number of imidazole rings is 1. The number of hydrogen-bond acceptors (Lipinski definition) is 3. The van der Waals surface area contributed by atoms with Gasteiger partial charge in [-0.3, -0.25) is 9.59 Å². The lowest BCUT2D eigenvalue weighted by Gasteiger charge is -2.29. The molecule has 1 aromatic carbocycles. The van der Waals surface area contributed by atoms with Crippen molar-refractivity contribution in [2.24, 2.45) is 5.92 Å². The Bertz CT molecular complexity index is 950. The highest BCUT2D eigenvalue weighted by Gasteiger charge is 2.22. The highest BCUT2D eigenvalue weighted by atomic mass is 16.2. The monoisotopic (exact) mass is 480 g/mol. The number of anilines is 1. The van der Waals surface area contributed by atoms with Crippen molar-refractivity contribution in [2.45, 2.75) is 98.1 Å². The van der Waals surface area contributed by atoms with E-state index in [1.165, 1.54) is 12.8 Å². The molecule has 3 rings (SSSR count). The second kappa shape index (κ2) is 13.5. The Morgan fingerprint density at radius 3 is 2.31 bits per heavy atom. The molecule has 1 aliphatic heterocycles. The Kier molecular flexibility index (Phi) is 10.4. The fourth-order valence-corrected chi connectivity index (χ4v) is 4.91. The minimum Gasteiger partial charge on any atom is -0.338 e. The van der Waals surface area contributed by atoms with Crippen molar-refractivity contribution in [1.82, 2.24) is 14.5 Å². The number of nitrogens with zero attached hydrogens (tertiary/aromatic N) is 4. The highest BCUT2D eigenvalue weighted by molar-refractivity contribution is 5.94. The van der Waals surface area contributed by atoms with Gasteiger partial charge in [0.25, 0.3) is 0 Å². The van der Waals surface area contributed by atoms with Crippen LogP contribution < -0.4 is 4.90 Å². The Labute approximate surface area is 211 Å². The summed E-state index contributed by atoms with van der Waals surface area (Å²) in [5.74, 6) is 2.01. The average molecular weight is 481 g/mol. The normalized spacial score (nSPS) is 15.9. The van der Waals surface area contributed by atoms with E-state index in [0.29, 0.717) is 37.8 Å². The van der Waals surface area contributed by atoms with Crippen molar-refractivity contribution in [1.29, 1.82) is 0 Å². The van der Waals surface area contributed by atoms with Crippen molar-refractivity contribution < 1.29 is 9.59 Å². The van der Waals surface area contributed by atoms with Gasteiger partial charge in [-0.25, -0.2) is 4.98 Å². The van der Waals surface area contributed by atoms with Crippen molar-refractivity contribution in [3.8, 4) is 0 Å². The summed E-state index contributed by atoms with van der Waals surface area (Å²) in [6.07, 6.45) is 11.5. The number of fused-ring (bicyclic) bond motifs is 1. The van der Waals surface area contributed by atoms with Gasteiger partial charge in [-0.1, -0.05) is 71.6 Å². The lowest BCUT2D eigenvalue weighted by atomic mass is 10.1. The van der Waals surface area contributed by atoms with Crippen LogP contribution in [0, 0.1) is 5.92 Å². The number of carbonyl (C=O) groups is 2. The topological polar surface area (TPSA) is 58.4 Å². The van der Waals surface area contributed by atoms with Crippen molar-refractivity contribution in [2.75, 3.05) is 18.0 Å². The van der Waals surface area contributed by atoms with Crippen LogP contribution in [0.15, 0.2) is 36.7 Å². The molecular weight excluding hydrogens is 436 g/mol. The van der Waals surface area contributed by atoms with Gasteiger partial charge in [0.15, 0.2) is 0 Å². The van der Waals surface area contributed by atoms with Gasteiger partial charge in [0, 0.05) is 63.0 Å². The quantitative estimate of drug-likeness (QED) is 0.498. The fourth-order valence-electron chi connectivity index (χ4n) is 4.91. The van der Waals surface area contributed by atoms with E-state index >= 15 is 0 Å². The van der Waals surface area contributed by atoms with E-state index in [0.717, 1.165) is 55.8 Å². The van der Waals surface area contributed by atoms with E-state index in [-0.39, 0.29) is 11.8 Å². The molecule has 0 N–H and O–H groups in total. The molecule has 0 spiro atoms. The maximum atomic E-state index is 13.4. The molecule has 0 saturated carbocycles. The molecule has 6 nitrogen and oxygen atoms in total. The summed E-state index contributed by atoms with van der Waals surface area (Å²) < 4.78 is 2.10. The molecule has 0 bridgehead atoms. The van der Waals surface area contributed by atoms with Crippen LogP contribution in [0.2, 0.25) is 0 Å². The smallest absolute Gasteiger partial charge is 0.227 e. The number of carbonyl (C=O) groups excluding carboxylic acids is 2. The second-order valence-electron chi connectivity index (χ2n) is 10.6. The fraction of sp³-hybridized carbons (Fsp3) is 0.621. The summed E-state index contributed by atoms with van der Waals surface area (Å²) in [7, 11) is 0. The minimum absolute atomic E-state index is 0.165. The van der Waals surface area contributed by atoms with Crippen LogP contribution in [0.4, 0.5) is 5.69 Å². The SMILES string of the molecule is CC(C)CC(=O)N1CCCCCCCCN(C(=O)CCn2ccnc2C(C)C)Cc2ccccc21. The number of benzene rings is 1. The molecule has 0 unspecified atom stereocenters. The molecule has 0 fully saturated rings. The van der Waals surface area contributed by atoms with Crippen LogP contribution in [0.5, 0.6) is 0 Å². The molecule has 2 amide bonds. The average Bonchev–Trinajstić information content (AvgIpc) is 3.30. The summed E-state index contributed by atoms with van der Waals surface area (Å²) in [4.78, 5) is 35.1. The van der Waals surface area contributed by atoms with Crippen LogP contribution in [-0.4, -0.2) is 39.4 Å². The maximum Gasteiger partial charge on any atom is 0.227 e. The molecule has 0 saturated heterocycles. The third-order valence-electron chi connectivity index (χ3n) is 6.77. The summed E-state index contributed by atoms with van der Waals surface area (Å²) in [5.41, 5.74) is 2.02. The standard InChI is InChI=1S/C29H44N4O2/c1-23(2)21-28(35)33-18-12-8-6-5-7-11-17-32(22-25-13-9-10-14-26(25)33)27(34)15-19-31-20-16-30-29(31)24(3)4/h9-10,13-14,16,20,23-24H,5-8,11-12,15,17-19,21-22H2,1-4H3. The van der Waals surface area contributed by atoms with Crippen LogP contribution in [0.25, 0.3) is 0 Å². The van der Waals surface area contributed by atoms with Gasteiger partial charge in [0.2, 0.25) is 11.8 Å². The molecule has 2 heterocycles. The maximum absolute atomic E-state index is 13.4. The first-order chi connectivity index (χ1) is 16.9. The van der Waals surface area contributed by atoms with Gasteiger partial charge in [-0.05, 0) is 30.4 Å². The number of aromatic nitrogens is 2. The lowest BCUT2D eigenvalue weighted by molar-refractivity contribution is -0.132. The molecule has 1 aliphatic rings. The molecule has 1 aromatic heterocycles. The molecular formula is C29H44N4O2. The van der Waals surface area contributed by atoms with Crippen LogP contribution >= 0.6 is 0 Å². The van der Waals surface area contributed by atoms with Crippen molar-refractivity contribution >= 4 is 17.5 Å². The summed E-state index contributed by atoms with van der Waals surface area (Å²) in [6.45, 7) is 11.1. The lowest BCUT2D eigenvalue weighted by Crippen LogP contribution is -2.36. The first-order valence-corrected chi connectivity index (χ1v) is 13.5. The highest BCUT2D eigenvalue weighted by Crippen LogP contribution is 2.26. The predicted octanol–water partition coefficient (Wildman–Crippen LogP) is 6.16. The first kappa shape index (κ1) is 27.0. The van der Waals surface area contributed by atoms with Gasteiger partial charge in [0.1, 0.15) is 5.82 Å². The third kappa shape index (κ3) is 7.94.